The standard InChI is InChI=1S/C14H21BrFNS/c1-3-7-17-13(10-18-4-2)8-11-5-6-12(16)9-14(11)15/h5-6,9,13,17H,3-4,7-8,10H2,1-2H3. The van der Waals surface area contributed by atoms with Crippen LogP contribution in [-0.2, 0) is 6.42 Å². The minimum absolute atomic E-state index is 0.188. The third kappa shape index (κ3) is 5.72. The molecule has 4 heteroatoms. The molecule has 0 aliphatic rings. The number of benzene rings is 1. The molecule has 0 aliphatic heterocycles. The molecule has 0 radical (unpaired) electrons. The maximum atomic E-state index is 13.0. The molecule has 1 aromatic rings. The third-order valence-electron chi connectivity index (χ3n) is 2.69. The van der Waals surface area contributed by atoms with Gasteiger partial charge in [-0.25, -0.2) is 4.39 Å². The molecule has 18 heavy (non-hydrogen) atoms. The lowest BCUT2D eigenvalue weighted by atomic mass is 10.1. The van der Waals surface area contributed by atoms with E-state index in [1.165, 1.54) is 11.6 Å². The quantitative estimate of drug-likeness (QED) is 0.763. The van der Waals surface area contributed by atoms with E-state index < -0.39 is 0 Å². The van der Waals surface area contributed by atoms with Crippen molar-refractivity contribution in [2.75, 3.05) is 18.1 Å². The molecule has 0 saturated carbocycles. The SMILES string of the molecule is CCCNC(CSCC)Cc1ccc(F)cc1Br. The molecule has 1 unspecified atom stereocenters. The van der Waals surface area contributed by atoms with Crippen LogP contribution in [0.5, 0.6) is 0 Å². The van der Waals surface area contributed by atoms with E-state index in [0.29, 0.717) is 6.04 Å². The highest BCUT2D eigenvalue weighted by atomic mass is 79.9. The summed E-state index contributed by atoms with van der Waals surface area (Å²) in [6, 6.07) is 5.40. The molecule has 0 saturated heterocycles. The Bertz CT molecular complexity index is 352. The van der Waals surface area contributed by atoms with Crippen LogP contribution in [0.4, 0.5) is 4.39 Å². The molecule has 0 heterocycles. The fraction of sp³-hybridized carbons (Fsp3) is 0.571. The van der Waals surface area contributed by atoms with Crippen molar-refractivity contribution < 1.29 is 4.39 Å². The van der Waals surface area contributed by atoms with E-state index >= 15 is 0 Å². The molecule has 1 atom stereocenters. The van der Waals surface area contributed by atoms with Gasteiger partial charge in [-0.15, -0.1) is 0 Å². The molecule has 0 aliphatic carbocycles. The largest absolute Gasteiger partial charge is 0.313 e. The third-order valence-corrected chi connectivity index (χ3v) is 4.47. The van der Waals surface area contributed by atoms with Gasteiger partial charge in [-0.3, -0.25) is 0 Å². The van der Waals surface area contributed by atoms with Crippen LogP contribution < -0.4 is 5.32 Å². The minimum Gasteiger partial charge on any atom is -0.313 e. The van der Waals surface area contributed by atoms with Gasteiger partial charge in [0, 0.05) is 16.3 Å². The van der Waals surface area contributed by atoms with Crippen LogP contribution in [0.1, 0.15) is 25.8 Å². The Morgan fingerprint density at radius 3 is 2.78 bits per heavy atom. The number of hydrogen-bond donors (Lipinski definition) is 1. The van der Waals surface area contributed by atoms with E-state index in [1.54, 1.807) is 6.07 Å². The molecule has 0 amide bonds. The fourth-order valence-electron chi connectivity index (χ4n) is 1.75. The lowest BCUT2D eigenvalue weighted by molar-refractivity contribution is 0.548. The topological polar surface area (TPSA) is 12.0 Å². The van der Waals surface area contributed by atoms with E-state index in [2.05, 4.69) is 35.1 Å². The van der Waals surface area contributed by atoms with Crippen molar-refractivity contribution >= 4 is 27.7 Å². The Kier molecular flexibility index (Phi) is 7.95. The Morgan fingerprint density at radius 1 is 1.39 bits per heavy atom. The molecule has 0 aromatic heterocycles. The lowest BCUT2D eigenvalue weighted by Gasteiger charge is -2.18. The number of halogens is 2. The Hall–Kier alpha value is -0.0600. The summed E-state index contributed by atoms with van der Waals surface area (Å²) in [6.45, 7) is 5.38. The summed E-state index contributed by atoms with van der Waals surface area (Å²) >= 11 is 5.38. The van der Waals surface area contributed by atoms with E-state index in [4.69, 9.17) is 0 Å². The number of hydrogen-bond acceptors (Lipinski definition) is 2. The van der Waals surface area contributed by atoms with E-state index in [0.717, 1.165) is 35.4 Å². The Labute approximate surface area is 122 Å². The van der Waals surface area contributed by atoms with Crippen LogP contribution in [-0.4, -0.2) is 24.1 Å². The zero-order valence-electron chi connectivity index (χ0n) is 11.0. The Morgan fingerprint density at radius 2 is 2.17 bits per heavy atom. The molecule has 0 bridgehead atoms. The summed E-state index contributed by atoms with van der Waals surface area (Å²) in [7, 11) is 0. The first-order valence-corrected chi connectivity index (χ1v) is 8.37. The predicted molar refractivity (Wildman–Crippen MR) is 82.9 cm³/mol. The molecule has 1 nitrogen and oxygen atoms in total. The van der Waals surface area contributed by atoms with Crippen LogP contribution >= 0.6 is 27.7 Å². The van der Waals surface area contributed by atoms with Crippen molar-refractivity contribution in [3.63, 3.8) is 0 Å². The molecule has 0 spiro atoms. The first kappa shape index (κ1) is 16.0. The lowest BCUT2D eigenvalue weighted by Crippen LogP contribution is -2.34. The highest BCUT2D eigenvalue weighted by Gasteiger charge is 2.11. The van der Waals surface area contributed by atoms with Crippen LogP contribution in [0, 0.1) is 5.82 Å². The van der Waals surface area contributed by atoms with Gasteiger partial charge in [0.25, 0.3) is 0 Å². The van der Waals surface area contributed by atoms with Crippen molar-refractivity contribution in [3.8, 4) is 0 Å². The molecule has 102 valence electrons. The van der Waals surface area contributed by atoms with Gasteiger partial charge >= 0.3 is 0 Å². The van der Waals surface area contributed by atoms with Gasteiger partial charge in [0.1, 0.15) is 5.82 Å². The highest BCUT2D eigenvalue weighted by molar-refractivity contribution is 9.10. The predicted octanol–water partition coefficient (Wildman–Crippen LogP) is 4.25. The highest BCUT2D eigenvalue weighted by Crippen LogP contribution is 2.20. The monoisotopic (exact) mass is 333 g/mol. The van der Waals surface area contributed by atoms with Crippen LogP contribution in [0.15, 0.2) is 22.7 Å². The van der Waals surface area contributed by atoms with Gasteiger partial charge in [0.05, 0.1) is 0 Å². The van der Waals surface area contributed by atoms with Gasteiger partial charge < -0.3 is 5.32 Å². The first-order valence-electron chi connectivity index (χ1n) is 6.42. The second kappa shape index (κ2) is 8.94. The van der Waals surface area contributed by atoms with E-state index in [-0.39, 0.29) is 5.82 Å². The second-order valence-corrected chi connectivity index (χ2v) is 6.42. The minimum atomic E-state index is -0.188. The molecular formula is C14H21BrFNS. The van der Waals surface area contributed by atoms with Crippen molar-refractivity contribution in [2.45, 2.75) is 32.7 Å². The molecule has 0 fully saturated rings. The summed E-state index contributed by atoms with van der Waals surface area (Å²) < 4.78 is 13.9. The van der Waals surface area contributed by atoms with Crippen molar-refractivity contribution in [1.29, 1.82) is 0 Å². The smallest absolute Gasteiger partial charge is 0.124 e. The average molecular weight is 334 g/mol. The Balaban J connectivity index is 2.62. The van der Waals surface area contributed by atoms with Gasteiger partial charge in [0.2, 0.25) is 0 Å². The summed E-state index contributed by atoms with van der Waals surface area (Å²) in [5.41, 5.74) is 1.17. The van der Waals surface area contributed by atoms with Crippen LogP contribution in [0.2, 0.25) is 0 Å². The first-order chi connectivity index (χ1) is 8.67. The molecule has 1 N–H and O–H groups in total. The fourth-order valence-corrected chi connectivity index (χ4v) is 3.02. The number of rotatable bonds is 8. The molecule has 1 aromatic carbocycles. The summed E-state index contributed by atoms with van der Waals surface area (Å²) in [5, 5.41) is 3.56. The number of nitrogens with one attached hydrogen (secondary N) is 1. The number of thioether (sulfide) groups is 1. The zero-order chi connectivity index (χ0) is 13.4. The molecule has 1 rings (SSSR count). The average Bonchev–Trinajstić information content (AvgIpc) is 2.35. The van der Waals surface area contributed by atoms with E-state index in [1.807, 2.05) is 17.8 Å². The van der Waals surface area contributed by atoms with Crippen LogP contribution in [0.3, 0.4) is 0 Å². The summed E-state index contributed by atoms with van der Waals surface area (Å²) in [6.07, 6.45) is 2.08. The molecular weight excluding hydrogens is 313 g/mol. The summed E-state index contributed by atoms with van der Waals surface area (Å²) in [4.78, 5) is 0. The zero-order valence-corrected chi connectivity index (χ0v) is 13.4. The van der Waals surface area contributed by atoms with E-state index in [9.17, 15) is 4.39 Å². The normalized spacial score (nSPS) is 12.7. The van der Waals surface area contributed by atoms with Crippen molar-refractivity contribution in [1.82, 2.24) is 5.32 Å². The maximum Gasteiger partial charge on any atom is 0.124 e. The van der Waals surface area contributed by atoms with Gasteiger partial charge in [-0.1, -0.05) is 35.8 Å². The van der Waals surface area contributed by atoms with Crippen molar-refractivity contribution in [3.05, 3.63) is 34.1 Å². The second-order valence-electron chi connectivity index (χ2n) is 4.25. The van der Waals surface area contributed by atoms with Crippen LogP contribution in [0.25, 0.3) is 0 Å². The van der Waals surface area contributed by atoms with Gasteiger partial charge in [-0.05, 0) is 42.8 Å². The van der Waals surface area contributed by atoms with Gasteiger partial charge in [-0.2, -0.15) is 11.8 Å². The van der Waals surface area contributed by atoms with Gasteiger partial charge in [0.15, 0.2) is 0 Å². The summed E-state index contributed by atoms with van der Waals surface area (Å²) in [5.74, 6) is 2.04. The maximum absolute atomic E-state index is 13.0. The van der Waals surface area contributed by atoms with Crippen molar-refractivity contribution in [2.24, 2.45) is 0 Å².